The van der Waals surface area contributed by atoms with Gasteiger partial charge in [-0.3, -0.25) is 24.1 Å². The van der Waals surface area contributed by atoms with E-state index < -0.39 is 35.0 Å². The predicted molar refractivity (Wildman–Crippen MR) is 195 cm³/mol. The van der Waals surface area contributed by atoms with E-state index in [-0.39, 0.29) is 52.7 Å². The molecule has 3 aliphatic carbocycles. The molecule has 51 heavy (non-hydrogen) atoms. The molecule has 0 unspecified atom stereocenters. The molecule has 1 aliphatic heterocycles. The summed E-state index contributed by atoms with van der Waals surface area (Å²) < 4.78 is 5.54. The predicted octanol–water partition coefficient (Wildman–Crippen LogP) is 7.73. The molecule has 4 aromatic carbocycles. The Bertz CT molecular complexity index is 2190. The molecular formula is C43H34ClNO6. The van der Waals surface area contributed by atoms with Gasteiger partial charge in [-0.1, -0.05) is 109 Å². The van der Waals surface area contributed by atoms with Crippen molar-refractivity contribution >= 4 is 52.3 Å². The second-order valence-electron chi connectivity index (χ2n) is 13.6. The number of phenolic OH excluding ortho intramolecular Hbond substituents is 1. The molecule has 0 aromatic heterocycles. The summed E-state index contributed by atoms with van der Waals surface area (Å²) in [6.07, 6.45) is 5.62. The molecular weight excluding hydrogens is 662 g/mol. The van der Waals surface area contributed by atoms with E-state index in [0.717, 1.165) is 11.1 Å². The average Bonchev–Trinajstić information content (AvgIpc) is 3.42. The standard InChI is InChI=1S/C43H34ClNO6/c1-3-24-14-16-28(17-15-24)45-41(49)30-19-18-29-32(37(30)42(45)50)22-33-39(47)31(25-10-6-4-7-11-25)23-36(46)43(33,27-12-8-5-9-13-27)38(29)26-20-34(44)40(48)35(21-26)51-2/h3-18,20-21,23,30,32-33,37-38,48H,1,19,22H2,2H3/t30-,32+,33-,37-,38-,43-/m0/s1. The van der Waals surface area contributed by atoms with Gasteiger partial charge < -0.3 is 9.84 Å². The number of hydrogen-bond acceptors (Lipinski definition) is 6. The smallest absolute Gasteiger partial charge is 0.238 e. The number of amides is 2. The minimum atomic E-state index is -1.43. The van der Waals surface area contributed by atoms with Gasteiger partial charge in [-0.15, -0.1) is 0 Å². The topological polar surface area (TPSA) is 101 Å². The van der Waals surface area contributed by atoms with Crippen LogP contribution in [0, 0.1) is 23.7 Å². The maximum absolute atomic E-state index is 15.2. The number of anilines is 1. The molecule has 4 aliphatic rings. The van der Waals surface area contributed by atoms with Crippen LogP contribution in [0.25, 0.3) is 11.6 Å². The fourth-order valence-electron chi connectivity index (χ4n) is 9.18. The lowest BCUT2D eigenvalue weighted by molar-refractivity contribution is -0.135. The largest absolute Gasteiger partial charge is 0.503 e. The van der Waals surface area contributed by atoms with Crippen molar-refractivity contribution < 1.29 is 29.0 Å². The zero-order valence-electron chi connectivity index (χ0n) is 27.8. The van der Waals surface area contributed by atoms with Crippen LogP contribution in [0.5, 0.6) is 11.5 Å². The Kier molecular flexibility index (Phi) is 7.91. The first-order chi connectivity index (χ1) is 24.7. The number of ether oxygens (including phenoxy) is 1. The summed E-state index contributed by atoms with van der Waals surface area (Å²) in [4.78, 5) is 60.2. The van der Waals surface area contributed by atoms with Crippen molar-refractivity contribution in [2.45, 2.75) is 24.2 Å². The number of aromatic hydroxyl groups is 1. The fourth-order valence-corrected chi connectivity index (χ4v) is 9.40. The number of rotatable bonds is 6. The van der Waals surface area contributed by atoms with Gasteiger partial charge in [-0.2, -0.15) is 0 Å². The first kappa shape index (κ1) is 32.7. The molecule has 7 nitrogen and oxygen atoms in total. The number of allylic oxidation sites excluding steroid dienone is 4. The highest BCUT2D eigenvalue weighted by Gasteiger charge is 2.66. The normalized spacial score (nSPS) is 26.9. The van der Waals surface area contributed by atoms with E-state index in [1.165, 1.54) is 18.1 Å². The molecule has 4 aromatic rings. The molecule has 8 rings (SSSR count). The van der Waals surface area contributed by atoms with Gasteiger partial charge in [0.25, 0.3) is 0 Å². The molecule has 2 amide bonds. The first-order valence-corrected chi connectivity index (χ1v) is 17.4. The quantitative estimate of drug-likeness (QED) is 0.164. The van der Waals surface area contributed by atoms with Gasteiger partial charge in [0, 0.05) is 17.4 Å². The fraction of sp³-hybridized carbons (Fsp3) is 0.209. The van der Waals surface area contributed by atoms with Gasteiger partial charge in [0.15, 0.2) is 23.1 Å². The molecule has 254 valence electrons. The molecule has 0 radical (unpaired) electrons. The number of methoxy groups -OCH3 is 1. The van der Waals surface area contributed by atoms with Crippen LogP contribution in [-0.2, 0) is 24.6 Å². The van der Waals surface area contributed by atoms with Crippen molar-refractivity contribution in [1.82, 2.24) is 0 Å². The molecule has 0 bridgehead atoms. The zero-order valence-corrected chi connectivity index (χ0v) is 28.5. The third-order valence-corrected chi connectivity index (χ3v) is 11.7. The van der Waals surface area contributed by atoms with Gasteiger partial charge >= 0.3 is 0 Å². The third kappa shape index (κ3) is 4.79. The number of carbonyl (C=O) groups excluding carboxylic acids is 4. The SMILES string of the molecule is C=Cc1ccc(N2C(=O)[C@H]3[C@H](CC=C4[C@H]3C[C@H]3C(=O)C(c5ccccc5)=CC(=O)[C@@]3(c3ccccc3)[C@H]4c3cc(Cl)c(O)c(OC)c3)C2=O)cc1. The van der Waals surface area contributed by atoms with E-state index in [4.69, 9.17) is 16.3 Å². The Morgan fingerprint density at radius 1 is 0.902 bits per heavy atom. The highest BCUT2D eigenvalue weighted by atomic mass is 35.5. The number of halogens is 1. The van der Waals surface area contributed by atoms with E-state index >= 15 is 9.59 Å². The maximum Gasteiger partial charge on any atom is 0.238 e. The summed E-state index contributed by atoms with van der Waals surface area (Å²) in [5, 5.41) is 10.8. The van der Waals surface area contributed by atoms with Crippen molar-refractivity contribution in [3.05, 3.63) is 149 Å². The number of imide groups is 1. The third-order valence-electron chi connectivity index (χ3n) is 11.4. The summed E-state index contributed by atoms with van der Waals surface area (Å²) in [5.41, 5.74) is 2.87. The molecule has 0 spiro atoms. The Morgan fingerprint density at radius 3 is 2.25 bits per heavy atom. The number of benzene rings is 4. The summed E-state index contributed by atoms with van der Waals surface area (Å²) in [5.74, 6) is -4.81. The second kappa shape index (κ2) is 12.4. The van der Waals surface area contributed by atoms with E-state index in [0.29, 0.717) is 28.0 Å². The summed E-state index contributed by atoms with van der Waals surface area (Å²) in [6, 6.07) is 28.8. The molecule has 1 N–H and O–H groups in total. The van der Waals surface area contributed by atoms with E-state index in [9.17, 15) is 14.7 Å². The maximum atomic E-state index is 15.2. The van der Waals surface area contributed by atoms with Gasteiger partial charge in [0.1, 0.15) is 0 Å². The van der Waals surface area contributed by atoms with E-state index in [1.54, 1.807) is 30.3 Å². The number of carbonyl (C=O) groups is 4. The molecule has 1 saturated heterocycles. The van der Waals surface area contributed by atoms with Crippen LogP contribution < -0.4 is 9.64 Å². The summed E-state index contributed by atoms with van der Waals surface area (Å²) in [7, 11) is 1.42. The number of hydrogen-bond donors (Lipinski definition) is 1. The Balaban J connectivity index is 1.37. The van der Waals surface area contributed by atoms with Crippen LogP contribution in [-0.4, -0.2) is 35.6 Å². The van der Waals surface area contributed by atoms with Crippen molar-refractivity contribution in [3.63, 3.8) is 0 Å². The van der Waals surface area contributed by atoms with Crippen LogP contribution in [0.4, 0.5) is 5.69 Å². The van der Waals surface area contributed by atoms with Crippen molar-refractivity contribution in [3.8, 4) is 11.5 Å². The molecule has 1 heterocycles. The monoisotopic (exact) mass is 695 g/mol. The Labute approximate surface area is 300 Å². The van der Waals surface area contributed by atoms with Crippen LogP contribution in [0.1, 0.15) is 41.0 Å². The van der Waals surface area contributed by atoms with Crippen LogP contribution in [0.15, 0.2) is 121 Å². The van der Waals surface area contributed by atoms with Crippen LogP contribution >= 0.6 is 11.6 Å². The zero-order chi connectivity index (χ0) is 35.6. The van der Waals surface area contributed by atoms with Crippen LogP contribution in [0.2, 0.25) is 5.02 Å². The lowest BCUT2D eigenvalue weighted by atomic mass is 9.44. The van der Waals surface area contributed by atoms with E-state index in [1.807, 2.05) is 78.9 Å². The Hall–Kier alpha value is -5.53. The number of ketones is 2. The number of phenols is 1. The molecule has 2 fully saturated rings. The van der Waals surface area contributed by atoms with Gasteiger partial charge in [0.2, 0.25) is 11.8 Å². The number of nitrogens with zero attached hydrogens (tertiary/aromatic N) is 1. The lowest BCUT2D eigenvalue weighted by Gasteiger charge is -2.55. The minimum Gasteiger partial charge on any atom is -0.503 e. The van der Waals surface area contributed by atoms with Gasteiger partial charge in [0.05, 0.1) is 35.1 Å². The molecule has 1 saturated carbocycles. The van der Waals surface area contributed by atoms with Crippen molar-refractivity contribution in [2.24, 2.45) is 23.7 Å². The van der Waals surface area contributed by atoms with Crippen molar-refractivity contribution in [2.75, 3.05) is 12.0 Å². The number of fused-ring (bicyclic) bond motifs is 4. The number of Topliss-reactive ketones (excluding diaryl/α,β-unsaturated/α-hetero) is 1. The lowest BCUT2D eigenvalue weighted by Crippen LogP contribution is -2.58. The second-order valence-corrected chi connectivity index (χ2v) is 14.1. The summed E-state index contributed by atoms with van der Waals surface area (Å²) in [6.45, 7) is 3.80. The van der Waals surface area contributed by atoms with E-state index in [2.05, 4.69) is 6.58 Å². The highest BCUT2D eigenvalue weighted by Crippen LogP contribution is 2.64. The molecule has 8 heteroatoms. The van der Waals surface area contributed by atoms with Crippen LogP contribution in [0.3, 0.4) is 0 Å². The van der Waals surface area contributed by atoms with Gasteiger partial charge in [-0.25, -0.2) is 0 Å². The van der Waals surface area contributed by atoms with Gasteiger partial charge in [-0.05, 0) is 71.4 Å². The minimum absolute atomic E-state index is 0.0249. The Morgan fingerprint density at radius 2 is 1.59 bits per heavy atom. The highest BCUT2D eigenvalue weighted by molar-refractivity contribution is 6.33. The van der Waals surface area contributed by atoms with Crippen molar-refractivity contribution in [1.29, 1.82) is 0 Å². The average molecular weight is 696 g/mol. The molecule has 6 atom stereocenters. The summed E-state index contributed by atoms with van der Waals surface area (Å²) >= 11 is 6.64. The first-order valence-electron chi connectivity index (χ1n) is 17.0.